The standard InChI is InChI=1S/C14H13ClFNO3/c1-8(18)4-2-3-5-17-12-7-11(16)10(15)6-9(12)13(19)14(17)20/h6-7H,2-5H2,1H3. The van der Waals surface area contributed by atoms with Crippen molar-refractivity contribution in [2.75, 3.05) is 11.4 Å². The molecule has 0 unspecified atom stereocenters. The molecule has 4 nitrogen and oxygen atoms in total. The molecule has 0 spiro atoms. The average Bonchev–Trinajstić information content (AvgIpc) is 2.60. The van der Waals surface area contributed by atoms with Crippen molar-refractivity contribution in [3.63, 3.8) is 0 Å². The van der Waals surface area contributed by atoms with E-state index in [1.54, 1.807) is 0 Å². The first-order chi connectivity index (χ1) is 9.41. The smallest absolute Gasteiger partial charge is 0.299 e. The summed E-state index contributed by atoms with van der Waals surface area (Å²) in [6.45, 7) is 1.78. The number of hydrogen-bond donors (Lipinski definition) is 0. The fraction of sp³-hybridized carbons (Fsp3) is 0.357. The van der Waals surface area contributed by atoms with Gasteiger partial charge in [0.05, 0.1) is 16.3 Å². The highest BCUT2D eigenvalue weighted by Gasteiger charge is 2.36. The van der Waals surface area contributed by atoms with Gasteiger partial charge in [-0.3, -0.25) is 9.59 Å². The van der Waals surface area contributed by atoms with Gasteiger partial charge >= 0.3 is 0 Å². The molecule has 0 N–H and O–H groups in total. The van der Waals surface area contributed by atoms with Gasteiger partial charge in [0.25, 0.3) is 11.7 Å². The molecule has 0 aromatic heterocycles. The topological polar surface area (TPSA) is 54.5 Å². The maximum absolute atomic E-state index is 13.5. The fourth-order valence-electron chi connectivity index (χ4n) is 2.15. The molecule has 0 radical (unpaired) electrons. The Morgan fingerprint density at radius 3 is 2.65 bits per heavy atom. The van der Waals surface area contributed by atoms with Gasteiger partial charge in [-0.05, 0) is 31.9 Å². The van der Waals surface area contributed by atoms with E-state index in [4.69, 9.17) is 11.6 Å². The van der Waals surface area contributed by atoms with Crippen LogP contribution >= 0.6 is 11.6 Å². The van der Waals surface area contributed by atoms with Crippen LogP contribution in [-0.4, -0.2) is 24.0 Å². The second-order valence-corrected chi connectivity index (χ2v) is 5.14. The molecule has 1 aliphatic rings. The molecule has 1 aromatic carbocycles. The van der Waals surface area contributed by atoms with E-state index in [0.29, 0.717) is 19.3 Å². The second-order valence-electron chi connectivity index (χ2n) is 4.73. The molecule has 2 rings (SSSR count). The van der Waals surface area contributed by atoms with Crippen molar-refractivity contribution in [1.29, 1.82) is 0 Å². The zero-order valence-electron chi connectivity index (χ0n) is 10.9. The van der Waals surface area contributed by atoms with Gasteiger partial charge in [-0.25, -0.2) is 4.39 Å². The quantitative estimate of drug-likeness (QED) is 0.620. The number of hydrogen-bond acceptors (Lipinski definition) is 3. The summed E-state index contributed by atoms with van der Waals surface area (Å²) in [6, 6.07) is 2.29. The summed E-state index contributed by atoms with van der Waals surface area (Å²) in [5.74, 6) is -1.94. The zero-order chi connectivity index (χ0) is 14.9. The van der Waals surface area contributed by atoms with Crippen molar-refractivity contribution in [3.05, 3.63) is 28.5 Å². The van der Waals surface area contributed by atoms with Gasteiger partial charge < -0.3 is 9.69 Å². The number of rotatable bonds is 5. The molecule has 0 atom stereocenters. The molecule has 1 heterocycles. The van der Waals surface area contributed by atoms with Crippen molar-refractivity contribution in [2.24, 2.45) is 0 Å². The predicted molar refractivity (Wildman–Crippen MR) is 72.6 cm³/mol. The third-order valence-electron chi connectivity index (χ3n) is 3.17. The summed E-state index contributed by atoms with van der Waals surface area (Å²) in [4.78, 5) is 35.7. The number of ketones is 2. The lowest BCUT2D eigenvalue weighted by Crippen LogP contribution is -2.30. The molecule has 0 fully saturated rings. The number of unbranched alkanes of at least 4 members (excludes halogenated alkanes) is 1. The van der Waals surface area contributed by atoms with Crippen LogP contribution in [0.15, 0.2) is 12.1 Å². The number of anilines is 1. The Morgan fingerprint density at radius 1 is 1.30 bits per heavy atom. The monoisotopic (exact) mass is 297 g/mol. The van der Waals surface area contributed by atoms with Crippen LogP contribution in [0, 0.1) is 5.82 Å². The first kappa shape index (κ1) is 14.7. The van der Waals surface area contributed by atoms with Crippen LogP contribution in [0.3, 0.4) is 0 Å². The third-order valence-corrected chi connectivity index (χ3v) is 3.46. The molecule has 1 aromatic rings. The summed E-state index contributed by atoms with van der Waals surface area (Å²) < 4.78 is 13.5. The normalized spacial score (nSPS) is 13.8. The highest BCUT2D eigenvalue weighted by molar-refractivity contribution is 6.52. The number of nitrogens with zero attached hydrogens (tertiary/aromatic N) is 1. The Kier molecular flexibility index (Phi) is 4.18. The van der Waals surface area contributed by atoms with E-state index in [9.17, 15) is 18.8 Å². The van der Waals surface area contributed by atoms with Gasteiger partial charge in [-0.2, -0.15) is 0 Å². The van der Waals surface area contributed by atoms with Crippen LogP contribution in [0.25, 0.3) is 0 Å². The van der Waals surface area contributed by atoms with Crippen LogP contribution in [0.5, 0.6) is 0 Å². The van der Waals surface area contributed by atoms with E-state index in [1.165, 1.54) is 17.9 Å². The predicted octanol–water partition coefficient (Wildman–Crippen LogP) is 2.77. The molecule has 20 heavy (non-hydrogen) atoms. The van der Waals surface area contributed by atoms with E-state index in [1.807, 2.05) is 0 Å². The van der Waals surface area contributed by atoms with Gasteiger partial charge in [0, 0.05) is 13.0 Å². The molecule has 1 amide bonds. The average molecular weight is 298 g/mol. The lowest BCUT2D eigenvalue weighted by molar-refractivity contribution is -0.117. The van der Waals surface area contributed by atoms with E-state index < -0.39 is 17.5 Å². The Labute approximate surface area is 120 Å². The van der Waals surface area contributed by atoms with Crippen molar-refractivity contribution in [3.8, 4) is 0 Å². The molecule has 1 aliphatic heterocycles. The fourth-order valence-corrected chi connectivity index (χ4v) is 2.32. The SMILES string of the molecule is CC(=O)CCCCN1C(=O)C(=O)c2cc(Cl)c(F)cc21. The second kappa shape index (κ2) is 5.71. The minimum Gasteiger partial charge on any atom is -0.305 e. The molecular formula is C14H13ClFNO3. The van der Waals surface area contributed by atoms with Crippen molar-refractivity contribution in [2.45, 2.75) is 26.2 Å². The maximum Gasteiger partial charge on any atom is 0.299 e. The number of carbonyl (C=O) groups excluding carboxylic acids is 3. The highest BCUT2D eigenvalue weighted by Crippen LogP contribution is 2.33. The molecule has 0 bridgehead atoms. The summed E-state index contributed by atoms with van der Waals surface area (Å²) in [7, 11) is 0. The Hall–Kier alpha value is -1.75. The van der Waals surface area contributed by atoms with Crippen molar-refractivity contribution in [1.82, 2.24) is 0 Å². The highest BCUT2D eigenvalue weighted by atomic mass is 35.5. The third kappa shape index (κ3) is 2.72. The van der Waals surface area contributed by atoms with E-state index in [2.05, 4.69) is 0 Å². The lowest BCUT2D eigenvalue weighted by atomic mass is 10.1. The van der Waals surface area contributed by atoms with Crippen LogP contribution in [-0.2, 0) is 9.59 Å². The number of amides is 1. The minimum absolute atomic E-state index is 0.0760. The number of fused-ring (bicyclic) bond motifs is 1. The van der Waals surface area contributed by atoms with Crippen molar-refractivity contribution < 1.29 is 18.8 Å². The van der Waals surface area contributed by atoms with Crippen LogP contribution < -0.4 is 4.90 Å². The van der Waals surface area contributed by atoms with Crippen LogP contribution in [0.2, 0.25) is 5.02 Å². The summed E-state index contributed by atoms with van der Waals surface area (Å²) in [6.07, 6.45) is 1.62. The Bertz CT molecular complexity index is 600. The van der Waals surface area contributed by atoms with Crippen molar-refractivity contribution >= 4 is 34.8 Å². The molecule has 6 heteroatoms. The summed E-state index contributed by atoms with van der Waals surface area (Å²) >= 11 is 5.62. The van der Waals surface area contributed by atoms with Gasteiger partial charge in [0.15, 0.2) is 0 Å². The van der Waals surface area contributed by atoms with Crippen LogP contribution in [0.4, 0.5) is 10.1 Å². The largest absolute Gasteiger partial charge is 0.305 e. The van der Waals surface area contributed by atoms with Gasteiger partial charge in [0.1, 0.15) is 11.6 Å². The van der Waals surface area contributed by atoms with Gasteiger partial charge in [0.2, 0.25) is 0 Å². The van der Waals surface area contributed by atoms with Crippen LogP contribution in [0.1, 0.15) is 36.5 Å². The molecule has 0 saturated carbocycles. The summed E-state index contributed by atoms with van der Waals surface area (Å²) in [5.41, 5.74) is 0.387. The van der Waals surface area contributed by atoms with E-state index in [-0.39, 0.29) is 28.6 Å². The van der Waals surface area contributed by atoms with E-state index in [0.717, 1.165) is 6.07 Å². The maximum atomic E-state index is 13.5. The molecule has 106 valence electrons. The number of halogens is 2. The van der Waals surface area contributed by atoms with E-state index >= 15 is 0 Å². The number of carbonyl (C=O) groups is 3. The first-order valence-electron chi connectivity index (χ1n) is 6.26. The van der Waals surface area contributed by atoms with Gasteiger partial charge in [-0.1, -0.05) is 11.6 Å². The minimum atomic E-state index is -0.676. The Balaban J connectivity index is 2.16. The Morgan fingerprint density at radius 2 is 2.00 bits per heavy atom. The molecular weight excluding hydrogens is 285 g/mol. The summed E-state index contributed by atoms with van der Waals surface area (Å²) in [5, 5.41) is -0.177. The zero-order valence-corrected chi connectivity index (χ0v) is 11.7. The number of benzene rings is 1. The van der Waals surface area contributed by atoms with Gasteiger partial charge in [-0.15, -0.1) is 0 Å². The lowest BCUT2D eigenvalue weighted by Gasteiger charge is -2.16. The number of Topliss-reactive ketones (excluding diaryl/α,β-unsaturated/α-hetero) is 2. The molecule has 0 aliphatic carbocycles. The molecule has 0 saturated heterocycles. The first-order valence-corrected chi connectivity index (χ1v) is 6.64.